The van der Waals surface area contributed by atoms with Crippen LogP contribution in [0.15, 0.2) is 89.8 Å². The number of nitrogens with zero attached hydrogens (tertiary/aromatic N) is 1. The number of hydrogen-bond donors (Lipinski definition) is 2. The van der Waals surface area contributed by atoms with E-state index in [9.17, 15) is 18.3 Å². The molecule has 3 rings (SSSR count). The first-order valence-electron chi connectivity index (χ1n) is 12.4. The van der Waals surface area contributed by atoms with E-state index in [1.165, 1.54) is 23.5 Å². The number of methoxy groups -OCH3 is 1. The summed E-state index contributed by atoms with van der Waals surface area (Å²) in [4.78, 5) is 13.1. The first-order valence-corrected chi connectivity index (χ1v) is 13.9. The molecule has 0 aliphatic carbocycles. The van der Waals surface area contributed by atoms with Crippen LogP contribution in [0.3, 0.4) is 0 Å². The number of hydrogen-bond acceptors (Lipinski definition) is 5. The van der Waals surface area contributed by atoms with Gasteiger partial charge in [-0.1, -0.05) is 62.4 Å². The third-order valence-corrected chi connectivity index (χ3v) is 7.91. The highest BCUT2D eigenvalue weighted by Gasteiger charge is 2.31. The molecular weight excluding hydrogens is 488 g/mol. The second-order valence-corrected chi connectivity index (χ2v) is 11.4. The maximum Gasteiger partial charge on any atom is 0.251 e. The molecule has 0 radical (unpaired) electrons. The molecule has 198 valence electrons. The van der Waals surface area contributed by atoms with Gasteiger partial charge in [-0.25, -0.2) is 8.42 Å². The van der Waals surface area contributed by atoms with Crippen molar-refractivity contribution in [3.63, 3.8) is 0 Å². The van der Waals surface area contributed by atoms with Gasteiger partial charge >= 0.3 is 0 Å². The van der Waals surface area contributed by atoms with Crippen molar-refractivity contribution in [1.82, 2.24) is 9.62 Å². The zero-order valence-corrected chi connectivity index (χ0v) is 22.4. The van der Waals surface area contributed by atoms with Gasteiger partial charge in [0.25, 0.3) is 5.91 Å². The van der Waals surface area contributed by atoms with Crippen LogP contribution in [0.5, 0.6) is 5.75 Å². The lowest BCUT2D eigenvalue weighted by molar-refractivity contribution is 0.0760. The van der Waals surface area contributed by atoms with Crippen molar-refractivity contribution in [2.75, 3.05) is 20.2 Å². The molecule has 0 heterocycles. The Morgan fingerprint density at radius 3 is 2.08 bits per heavy atom. The topological polar surface area (TPSA) is 95.9 Å². The molecule has 2 atom stereocenters. The van der Waals surface area contributed by atoms with Crippen LogP contribution < -0.4 is 10.1 Å². The molecule has 0 unspecified atom stereocenters. The number of nitrogens with one attached hydrogen (secondary N) is 1. The van der Waals surface area contributed by atoms with Crippen LogP contribution in [0.1, 0.15) is 36.2 Å². The molecule has 0 fully saturated rings. The number of benzene rings is 3. The van der Waals surface area contributed by atoms with Gasteiger partial charge in [0.05, 0.1) is 24.2 Å². The van der Waals surface area contributed by atoms with Crippen LogP contribution in [0.4, 0.5) is 0 Å². The summed E-state index contributed by atoms with van der Waals surface area (Å²) in [5.74, 6) is 0.270. The summed E-state index contributed by atoms with van der Waals surface area (Å²) in [6.45, 7) is 3.92. The Kier molecular flexibility index (Phi) is 10.3. The van der Waals surface area contributed by atoms with Crippen LogP contribution >= 0.6 is 0 Å². The number of aryl methyl sites for hydroxylation is 1. The highest BCUT2D eigenvalue weighted by molar-refractivity contribution is 7.89. The van der Waals surface area contributed by atoms with Crippen molar-refractivity contribution in [2.24, 2.45) is 5.92 Å². The molecule has 3 aromatic rings. The van der Waals surface area contributed by atoms with Gasteiger partial charge in [0.2, 0.25) is 10.0 Å². The van der Waals surface area contributed by atoms with Crippen molar-refractivity contribution >= 4 is 15.9 Å². The molecule has 0 spiro atoms. The van der Waals surface area contributed by atoms with E-state index >= 15 is 0 Å². The lowest BCUT2D eigenvalue weighted by Gasteiger charge is -2.30. The standard InChI is InChI=1S/C29H36N2O5S/c1-22(2)20-31(37(34,35)26-17-15-25(36-3)16-18-26)21-28(32)27(19-14-23-10-6-4-7-11-23)30-29(33)24-12-8-5-9-13-24/h4-13,15-18,22,27-28,32H,14,19-21H2,1-3H3,(H,30,33)/t27-,28+/m0/s1. The average Bonchev–Trinajstić information content (AvgIpc) is 2.91. The van der Waals surface area contributed by atoms with Gasteiger partial charge in [-0.15, -0.1) is 0 Å². The van der Waals surface area contributed by atoms with E-state index in [1.54, 1.807) is 36.4 Å². The van der Waals surface area contributed by atoms with Gasteiger partial charge in [-0.05, 0) is 60.7 Å². The number of carbonyl (C=O) groups is 1. The fraction of sp³-hybridized carbons (Fsp3) is 0.345. The summed E-state index contributed by atoms with van der Waals surface area (Å²) in [5, 5.41) is 14.3. The van der Waals surface area contributed by atoms with Crippen molar-refractivity contribution < 1.29 is 23.1 Å². The van der Waals surface area contributed by atoms with E-state index < -0.39 is 22.2 Å². The second-order valence-electron chi connectivity index (χ2n) is 9.43. The number of amides is 1. The Hall–Kier alpha value is -3.20. The van der Waals surface area contributed by atoms with Gasteiger partial charge in [0, 0.05) is 18.7 Å². The lowest BCUT2D eigenvalue weighted by Crippen LogP contribution is -2.50. The predicted molar refractivity (Wildman–Crippen MR) is 145 cm³/mol. The molecule has 8 heteroatoms. The van der Waals surface area contributed by atoms with E-state index in [-0.39, 0.29) is 29.8 Å². The van der Waals surface area contributed by atoms with Crippen molar-refractivity contribution in [1.29, 1.82) is 0 Å². The third-order valence-electron chi connectivity index (χ3n) is 6.06. The molecule has 3 aromatic carbocycles. The SMILES string of the molecule is COc1ccc(S(=O)(=O)N(CC(C)C)C[C@@H](O)[C@H](CCc2ccccc2)NC(=O)c2ccccc2)cc1. The summed E-state index contributed by atoms with van der Waals surface area (Å²) in [6, 6.07) is 24.1. The maximum absolute atomic E-state index is 13.5. The van der Waals surface area contributed by atoms with Crippen LogP contribution in [-0.4, -0.2) is 56.1 Å². The normalized spacial score (nSPS) is 13.4. The summed E-state index contributed by atoms with van der Waals surface area (Å²) in [6.07, 6.45) is -0.0577. The smallest absolute Gasteiger partial charge is 0.251 e. The molecule has 0 aliphatic heterocycles. The van der Waals surface area contributed by atoms with Crippen molar-refractivity contribution in [2.45, 2.75) is 43.7 Å². The molecule has 0 bridgehead atoms. The first kappa shape index (κ1) is 28.4. The molecule has 1 amide bonds. The van der Waals surface area contributed by atoms with E-state index in [4.69, 9.17) is 4.74 Å². The minimum atomic E-state index is -3.89. The van der Waals surface area contributed by atoms with E-state index in [0.29, 0.717) is 24.2 Å². The quantitative estimate of drug-likeness (QED) is 0.351. The van der Waals surface area contributed by atoms with Crippen molar-refractivity contribution in [3.8, 4) is 5.75 Å². The zero-order chi connectivity index (χ0) is 26.8. The third kappa shape index (κ3) is 8.15. The Balaban J connectivity index is 1.83. The summed E-state index contributed by atoms with van der Waals surface area (Å²) in [7, 11) is -2.37. The summed E-state index contributed by atoms with van der Waals surface area (Å²) >= 11 is 0. The van der Waals surface area contributed by atoms with E-state index in [1.807, 2.05) is 50.2 Å². The number of carbonyl (C=O) groups excluding carboxylic acids is 1. The minimum absolute atomic E-state index is 0.0295. The number of aliphatic hydroxyl groups excluding tert-OH is 1. The van der Waals surface area contributed by atoms with Gasteiger partial charge in [-0.2, -0.15) is 4.31 Å². The highest BCUT2D eigenvalue weighted by Crippen LogP contribution is 2.22. The van der Waals surface area contributed by atoms with Gasteiger partial charge in [-0.3, -0.25) is 4.79 Å². The van der Waals surface area contributed by atoms with Crippen LogP contribution in [0.2, 0.25) is 0 Å². The van der Waals surface area contributed by atoms with Gasteiger partial charge < -0.3 is 15.2 Å². The maximum atomic E-state index is 13.5. The number of aliphatic hydroxyl groups is 1. The second kappa shape index (κ2) is 13.4. The Morgan fingerprint density at radius 2 is 1.51 bits per heavy atom. The summed E-state index contributed by atoms with van der Waals surface area (Å²) in [5.41, 5.74) is 1.54. The molecule has 0 aliphatic rings. The van der Waals surface area contributed by atoms with Gasteiger partial charge in [0.15, 0.2) is 0 Å². The molecule has 0 aromatic heterocycles. The van der Waals surface area contributed by atoms with Crippen molar-refractivity contribution in [3.05, 3.63) is 96.1 Å². The molecular formula is C29H36N2O5S. The van der Waals surface area contributed by atoms with Crippen LogP contribution in [-0.2, 0) is 16.4 Å². The molecule has 7 nitrogen and oxygen atoms in total. The van der Waals surface area contributed by atoms with Crippen LogP contribution in [0.25, 0.3) is 0 Å². The van der Waals surface area contributed by atoms with Crippen LogP contribution in [0, 0.1) is 5.92 Å². The molecule has 0 saturated carbocycles. The van der Waals surface area contributed by atoms with E-state index in [0.717, 1.165) is 5.56 Å². The largest absolute Gasteiger partial charge is 0.497 e. The minimum Gasteiger partial charge on any atom is -0.497 e. The number of sulfonamides is 1. The molecule has 0 saturated heterocycles. The lowest BCUT2D eigenvalue weighted by atomic mass is 10.00. The van der Waals surface area contributed by atoms with E-state index in [2.05, 4.69) is 5.32 Å². The Morgan fingerprint density at radius 1 is 0.919 bits per heavy atom. The highest BCUT2D eigenvalue weighted by atomic mass is 32.2. The zero-order valence-electron chi connectivity index (χ0n) is 21.6. The fourth-order valence-electron chi connectivity index (χ4n) is 4.08. The number of ether oxygens (including phenoxy) is 1. The summed E-state index contributed by atoms with van der Waals surface area (Å²) < 4.78 is 33.5. The molecule has 37 heavy (non-hydrogen) atoms. The fourth-order valence-corrected chi connectivity index (χ4v) is 5.70. The Labute approximate surface area is 220 Å². The first-order chi connectivity index (χ1) is 17.7. The Bertz CT molecular complexity index is 1220. The monoisotopic (exact) mass is 524 g/mol. The average molecular weight is 525 g/mol. The van der Waals surface area contributed by atoms with Gasteiger partial charge in [0.1, 0.15) is 5.75 Å². The predicted octanol–water partition coefficient (Wildman–Crippen LogP) is 4.13. The number of rotatable bonds is 13. The molecule has 2 N–H and O–H groups in total.